The lowest BCUT2D eigenvalue weighted by atomic mass is 9.93. The predicted octanol–water partition coefficient (Wildman–Crippen LogP) is 3.13. The minimum atomic E-state index is -0.206. The van der Waals surface area contributed by atoms with Gasteiger partial charge in [-0.1, -0.05) is 23.9 Å². The number of rotatable bonds is 2. The number of nitrogens with one attached hydrogen (secondary N) is 1. The summed E-state index contributed by atoms with van der Waals surface area (Å²) in [5.41, 5.74) is 1.07. The highest BCUT2D eigenvalue weighted by atomic mass is 32.2. The monoisotopic (exact) mass is 294 g/mol. The number of amidine groups is 1. The number of nitrogens with zero attached hydrogens (tertiary/aromatic N) is 1. The fraction of sp³-hybridized carbons (Fsp3) is 0.533. The standard InChI is InChI=1S/C15H19FN2OS/c1-11(12-3-2-4-13(16)9-12)17-14-18-15(10-20-14)5-7-19-8-6-15/h2-4,9,11H,5-8,10H2,1H3,(H,17,18). The van der Waals surface area contributed by atoms with Crippen molar-refractivity contribution in [2.24, 2.45) is 4.99 Å². The van der Waals surface area contributed by atoms with Gasteiger partial charge in [0, 0.05) is 19.0 Å². The van der Waals surface area contributed by atoms with E-state index in [-0.39, 0.29) is 17.4 Å². The van der Waals surface area contributed by atoms with Gasteiger partial charge in [-0.15, -0.1) is 0 Å². The lowest BCUT2D eigenvalue weighted by molar-refractivity contribution is 0.0555. The zero-order chi connectivity index (χ0) is 14.0. The maximum Gasteiger partial charge on any atom is 0.157 e. The first-order chi connectivity index (χ1) is 9.67. The van der Waals surface area contributed by atoms with E-state index in [9.17, 15) is 4.39 Å². The van der Waals surface area contributed by atoms with E-state index in [0.717, 1.165) is 42.5 Å². The second-order valence-corrected chi connectivity index (χ2v) is 6.44. The summed E-state index contributed by atoms with van der Waals surface area (Å²) in [4.78, 5) is 4.70. The van der Waals surface area contributed by atoms with Gasteiger partial charge in [-0.05, 0) is 37.5 Å². The van der Waals surface area contributed by atoms with E-state index in [0.29, 0.717) is 0 Å². The van der Waals surface area contributed by atoms with Crippen LogP contribution in [0.1, 0.15) is 31.4 Å². The summed E-state index contributed by atoms with van der Waals surface area (Å²) < 4.78 is 18.7. The summed E-state index contributed by atoms with van der Waals surface area (Å²) in [6.07, 6.45) is 2.07. The molecule has 0 bridgehead atoms. The first-order valence-electron chi connectivity index (χ1n) is 6.99. The zero-order valence-electron chi connectivity index (χ0n) is 11.6. The Morgan fingerprint density at radius 1 is 1.40 bits per heavy atom. The number of thioether (sulfide) groups is 1. The average molecular weight is 294 g/mol. The Balaban J connectivity index is 1.70. The molecule has 1 spiro atoms. The van der Waals surface area contributed by atoms with Gasteiger partial charge in [-0.2, -0.15) is 0 Å². The maximum atomic E-state index is 13.2. The van der Waals surface area contributed by atoms with Crippen molar-refractivity contribution in [3.63, 3.8) is 0 Å². The molecule has 0 aliphatic carbocycles. The van der Waals surface area contributed by atoms with E-state index in [1.165, 1.54) is 6.07 Å². The van der Waals surface area contributed by atoms with Gasteiger partial charge in [0.15, 0.2) is 5.17 Å². The number of ether oxygens (including phenoxy) is 1. The second-order valence-electron chi connectivity index (χ2n) is 5.47. The molecule has 2 saturated heterocycles. The molecular weight excluding hydrogens is 275 g/mol. The molecule has 1 aromatic rings. The van der Waals surface area contributed by atoms with Crippen LogP contribution in [-0.2, 0) is 4.74 Å². The van der Waals surface area contributed by atoms with Crippen molar-refractivity contribution in [3.05, 3.63) is 35.6 Å². The Morgan fingerprint density at radius 2 is 2.20 bits per heavy atom. The summed E-state index contributed by atoms with van der Waals surface area (Å²) in [5, 5.41) is 4.54. The SMILES string of the molecule is CC(N=C1NC2(CCOCC2)CS1)c1cccc(F)c1. The molecule has 0 saturated carbocycles. The van der Waals surface area contributed by atoms with E-state index in [1.807, 2.05) is 13.0 Å². The molecule has 1 atom stereocenters. The average Bonchev–Trinajstić information content (AvgIpc) is 2.82. The van der Waals surface area contributed by atoms with E-state index in [2.05, 4.69) is 5.32 Å². The molecule has 5 heteroatoms. The minimum Gasteiger partial charge on any atom is -0.381 e. The normalized spacial score (nSPS) is 24.8. The fourth-order valence-corrected chi connectivity index (χ4v) is 3.92. The summed E-state index contributed by atoms with van der Waals surface area (Å²) >= 11 is 1.76. The third-order valence-corrected chi connectivity index (χ3v) is 5.13. The van der Waals surface area contributed by atoms with Gasteiger partial charge in [0.05, 0.1) is 11.6 Å². The van der Waals surface area contributed by atoms with Gasteiger partial charge in [0.1, 0.15) is 5.82 Å². The van der Waals surface area contributed by atoms with Crippen LogP contribution in [0.15, 0.2) is 29.3 Å². The molecule has 2 aliphatic rings. The van der Waals surface area contributed by atoms with Crippen molar-refractivity contribution in [3.8, 4) is 0 Å². The van der Waals surface area contributed by atoms with Crippen LogP contribution in [0.2, 0.25) is 0 Å². The summed E-state index contributed by atoms with van der Waals surface area (Å²) in [7, 11) is 0. The third kappa shape index (κ3) is 2.99. The van der Waals surface area contributed by atoms with Crippen LogP contribution in [0.4, 0.5) is 4.39 Å². The molecule has 1 aromatic carbocycles. The highest BCUT2D eigenvalue weighted by Crippen LogP contribution is 2.33. The molecule has 2 fully saturated rings. The molecule has 3 rings (SSSR count). The Bertz CT molecular complexity index is 514. The molecule has 0 aromatic heterocycles. The molecule has 20 heavy (non-hydrogen) atoms. The number of hydrogen-bond acceptors (Lipinski definition) is 3. The third-order valence-electron chi connectivity index (χ3n) is 3.95. The minimum absolute atomic E-state index is 0.0318. The van der Waals surface area contributed by atoms with Crippen LogP contribution in [0.5, 0.6) is 0 Å². The first-order valence-corrected chi connectivity index (χ1v) is 7.97. The highest BCUT2D eigenvalue weighted by molar-refractivity contribution is 8.14. The van der Waals surface area contributed by atoms with Crippen molar-refractivity contribution >= 4 is 16.9 Å². The molecule has 1 unspecified atom stereocenters. The van der Waals surface area contributed by atoms with Gasteiger partial charge >= 0.3 is 0 Å². The molecule has 2 aliphatic heterocycles. The van der Waals surface area contributed by atoms with Crippen LogP contribution >= 0.6 is 11.8 Å². The van der Waals surface area contributed by atoms with Gasteiger partial charge in [-0.25, -0.2) is 4.39 Å². The number of benzene rings is 1. The largest absolute Gasteiger partial charge is 0.381 e. The summed E-state index contributed by atoms with van der Waals surface area (Å²) in [5.74, 6) is 0.841. The highest BCUT2D eigenvalue weighted by Gasteiger charge is 2.38. The Kier molecular flexibility index (Phi) is 3.98. The lowest BCUT2D eigenvalue weighted by Gasteiger charge is -2.32. The maximum absolute atomic E-state index is 13.2. The van der Waals surface area contributed by atoms with Gasteiger partial charge < -0.3 is 10.1 Å². The molecule has 2 heterocycles. The topological polar surface area (TPSA) is 33.6 Å². The van der Waals surface area contributed by atoms with E-state index < -0.39 is 0 Å². The van der Waals surface area contributed by atoms with Crippen molar-refractivity contribution in [1.82, 2.24) is 5.32 Å². The first kappa shape index (κ1) is 13.9. The van der Waals surface area contributed by atoms with Gasteiger partial charge in [-0.3, -0.25) is 4.99 Å². The van der Waals surface area contributed by atoms with Crippen molar-refractivity contribution in [2.45, 2.75) is 31.3 Å². The second kappa shape index (κ2) is 5.74. The van der Waals surface area contributed by atoms with Gasteiger partial charge in [0.25, 0.3) is 0 Å². The molecule has 108 valence electrons. The smallest absolute Gasteiger partial charge is 0.157 e. The quantitative estimate of drug-likeness (QED) is 0.910. The van der Waals surface area contributed by atoms with Crippen LogP contribution in [-0.4, -0.2) is 29.7 Å². The van der Waals surface area contributed by atoms with E-state index in [4.69, 9.17) is 9.73 Å². The number of halogens is 1. The Morgan fingerprint density at radius 3 is 2.95 bits per heavy atom. The van der Waals surface area contributed by atoms with E-state index in [1.54, 1.807) is 23.9 Å². The molecule has 1 N–H and O–H groups in total. The van der Waals surface area contributed by atoms with Crippen LogP contribution in [0.25, 0.3) is 0 Å². The van der Waals surface area contributed by atoms with Crippen molar-refractivity contribution in [1.29, 1.82) is 0 Å². The predicted molar refractivity (Wildman–Crippen MR) is 80.6 cm³/mol. The van der Waals surface area contributed by atoms with E-state index >= 15 is 0 Å². The molecule has 0 radical (unpaired) electrons. The van der Waals surface area contributed by atoms with Gasteiger partial charge in [0.2, 0.25) is 0 Å². The molecule has 3 nitrogen and oxygen atoms in total. The van der Waals surface area contributed by atoms with Crippen LogP contribution in [0.3, 0.4) is 0 Å². The van der Waals surface area contributed by atoms with Crippen molar-refractivity contribution < 1.29 is 9.13 Å². The Labute approximate surface area is 123 Å². The van der Waals surface area contributed by atoms with Crippen LogP contribution in [0, 0.1) is 5.82 Å². The summed E-state index contributed by atoms with van der Waals surface area (Å²) in [6.45, 7) is 3.64. The number of hydrogen-bond donors (Lipinski definition) is 1. The lowest BCUT2D eigenvalue weighted by Crippen LogP contribution is -2.48. The van der Waals surface area contributed by atoms with Crippen LogP contribution < -0.4 is 5.32 Å². The Hall–Kier alpha value is -1.07. The van der Waals surface area contributed by atoms with Crippen molar-refractivity contribution in [2.75, 3.05) is 19.0 Å². The summed E-state index contributed by atoms with van der Waals surface area (Å²) in [6, 6.07) is 6.63. The fourth-order valence-electron chi connectivity index (χ4n) is 2.62. The number of aliphatic imine (C=N–C) groups is 1. The molecule has 0 amide bonds. The molecular formula is C15H19FN2OS. The zero-order valence-corrected chi connectivity index (χ0v) is 12.4.